The molecule has 0 saturated carbocycles. The van der Waals surface area contributed by atoms with Gasteiger partial charge in [0.1, 0.15) is 0 Å². The third-order valence-corrected chi connectivity index (χ3v) is 8.82. The minimum atomic E-state index is -0.428. The number of rotatable bonds is 4. The van der Waals surface area contributed by atoms with E-state index in [1.54, 1.807) is 0 Å². The Bertz CT molecular complexity index is 1870. The lowest BCUT2D eigenvalue weighted by Gasteiger charge is -2.40. The normalized spacial score (nSPS) is 17.9. The fraction of sp³-hybridized carbons (Fsp3) is 0.0811. The van der Waals surface area contributed by atoms with Crippen LogP contribution in [0.25, 0.3) is 21.8 Å². The summed E-state index contributed by atoms with van der Waals surface area (Å²) >= 11 is 0. The summed E-state index contributed by atoms with van der Waals surface area (Å²) in [6.07, 6.45) is 2.26. The van der Waals surface area contributed by atoms with E-state index < -0.39 is 5.41 Å². The lowest BCUT2D eigenvalue weighted by Crippen LogP contribution is -2.35. The van der Waals surface area contributed by atoms with Gasteiger partial charge in [-0.05, 0) is 39.9 Å². The van der Waals surface area contributed by atoms with Gasteiger partial charge in [-0.2, -0.15) is 0 Å². The number of fused-ring (bicyclic) bond motifs is 4. The number of aromatic nitrogens is 2. The molecule has 7 aromatic rings. The summed E-state index contributed by atoms with van der Waals surface area (Å²) in [5.41, 5.74) is 9.93. The van der Waals surface area contributed by atoms with Crippen molar-refractivity contribution in [3.8, 4) is 0 Å². The molecule has 0 fully saturated rings. The van der Waals surface area contributed by atoms with E-state index in [-0.39, 0.29) is 11.8 Å². The molecule has 0 amide bonds. The Morgan fingerprint density at radius 2 is 1.05 bits per heavy atom. The van der Waals surface area contributed by atoms with Gasteiger partial charge in [0.15, 0.2) is 0 Å². The molecule has 0 aliphatic heterocycles. The van der Waals surface area contributed by atoms with E-state index in [4.69, 9.17) is 0 Å². The highest BCUT2D eigenvalue weighted by atomic mass is 14.8. The van der Waals surface area contributed by atoms with E-state index >= 15 is 0 Å². The Morgan fingerprint density at radius 3 is 1.72 bits per heavy atom. The summed E-state index contributed by atoms with van der Waals surface area (Å²) in [5.74, 6) is 0.267. The third-order valence-electron chi connectivity index (χ3n) is 8.82. The van der Waals surface area contributed by atoms with Gasteiger partial charge >= 0.3 is 0 Å². The molecule has 2 nitrogen and oxygen atoms in total. The van der Waals surface area contributed by atoms with Crippen molar-refractivity contribution in [2.45, 2.75) is 17.3 Å². The van der Waals surface area contributed by atoms with Gasteiger partial charge in [-0.3, -0.25) is 0 Å². The predicted octanol–water partition coefficient (Wildman–Crippen LogP) is 8.91. The summed E-state index contributed by atoms with van der Waals surface area (Å²) in [5, 5.41) is 2.59. The van der Waals surface area contributed by atoms with E-state index in [0.29, 0.717) is 0 Å². The SMILES string of the molecule is c1ccc([C@@H]2c3c([nH]c4ccccc34)C(c3ccccc3)(c3ccccc3)[C@H]2c2c[nH]c3ccccc23)cc1. The summed E-state index contributed by atoms with van der Waals surface area (Å²) in [4.78, 5) is 7.62. The average Bonchev–Trinajstić information content (AvgIpc) is 3.68. The topological polar surface area (TPSA) is 31.6 Å². The zero-order valence-electron chi connectivity index (χ0n) is 21.5. The van der Waals surface area contributed by atoms with Gasteiger partial charge in [0, 0.05) is 45.5 Å². The van der Waals surface area contributed by atoms with Crippen LogP contribution in [0.5, 0.6) is 0 Å². The molecule has 2 atom stereocenters. The van der Waals surface area contributed by atoms with Crippen molar-refractivity contribution in [2.75, 3.05) is 0 Å². The van der Waals surface area contributed by atoms with Crippen molar-refractivity contribution >= 4 is 21.8 Å². The molecule has 2 N–H and O–H groups in total. The molecule has 186 valence electrons. The lowest BCUT2D eigenvalue weighted by molar-refractivity contribution is 0.481. The Hall–Kier alpha value is -4.82. The molecule has 8 rings (SSSR count). The molecule has 2 heteroatoms. The molecule has 0 bridgehead atoms. The highest BCUT2D eigenvalue weighted by Crippen LogP contribution is 2.65. The quantitative estimate of drug-likeness (QED) is 0.242. The van der Waals surface area contributed by atoms with Crippen molar-refractivity contribution in [3.05, 3.63) is 179 Å². The van der Waals surface area contributed by atoms with Crippen molar-refractivity contribution < 1.29 is 0 Å². The number of hydrogen-bond acceptors (Lipinski definition) is 0. The number of H-pyrrole nitrogens is 2. The first kappa shape index (κ1) is 22.2. The maximum Gasteiger partial charge on any atom is 0.0683 e. The fourth-order valence-electron chi connectivity index (χ4n) is 7.37. The molecular weight excluding hydrogens is 472 g/mol. The molecule has 2 aromatic heterocycles. The van der Waals surface area contributed by atoms with E-state index in [1.807, 2.05) is 0 Å². The number of nitrogens with one attached hydrogen (secondary N) is 2. The van der Waals surface area contributed by atoms with E-state index in [9.17, 15) is 0 Å². The van der Waals surface area contributed by atoms with Crippen LogP contribution in [0.15, 0.2) is 146 Å². The minimum Gasteiger partial charge on any atom is -0.361 e. The van der Waals surface area contributed by atoms with Gasteiger partial charge < -0.3 is 9.97 Å². The molecule has 39 heavy (non-hydrogen) atoms. The van der Waals surface area contributed by atoms with Crippen LogP contribution in [0.4, 0.5) is 0 Å². The van der Waals surface area contributed by atoms with Crippen LogP contribution >= 0.6 is 0 Å². The summed E-state index contributed by atoms with van der Waals surface area (Å²) < 4.78 is 0. The fourth-order valence-corrected chi connectivity index (χ4v) is 7.37. The molecular formula is C37H28N2. The molecule has 1 aliphatic rings. The third kappa shape index (κ3) is 3.09. The monoisotopic (exact) mass is 500 g/mol. The van der Waals surface area contributed by atoms with Crippen molar-refractivity contribution in [1.29, 1.82) is 0 Å². The Kier molecular flexibility index (Phi) is 4.90. The number of hydrogen-bond donors (Lipinski definition) is 2. The lowest BCUT2D eigenvalue weighted by atomic mass is 9.62. The van der Waals surface area contributed by atoms with Gasteiger partial charge in [0.05, 0.1) is 5.41 Å². The zero-order chi connectivity index (χ0) is 25.8. The van der Waals surface area contributed by atoms with Crippen LogP contribution in [0.2, 0.25) is 0 Å². The van der Waals surface area contributed by atoms with Crippen molar-refractivity contribution in [3.63, 3.8) is 0 Å². The van der Waals surface area contributed by atoms with Gasteiger partial charge in [-0.1, -0.05) is 127 Å². The average molecular weight is 501 g/mol. The van der Waals surface area contributed by atoms with Crippen LogP contribution in [0.1, 0.15) is 45.3 Å². The van der Waals surface area contributed by atoms with Crippen LogP contribution in [0, 0.1) is 0 Å². The molecule has 0 saturated heterocycles. The smallest absolute Gasteiger partial charge is 0.0683 e. The molecule has 5 aromatic carbocycles. The number of aromatic amines is 2. The van der Waals surface area contributed by atoms with Crippen LogP contribution < -0.4 is 0 Å². The van der Waals surface area contributed by atoms with Crippen molar-refractivity contribution in [1.82, 2.24) is 9.97 Å². The Morgan fingerprint density at radius 1 is 0.513 bits per heavy atom. The van der Waals surface area contributed by atoms with Gasteiger partial charge in [-0.25, -0.2) is 0 Å². The molecule has 0 spiro atoms. The maximum atomic E-state index is 3.99. The zero-order valence-corrected chi connectivity index (χ0v) is 21.5. The number of benzene rings is 5. The second kappa shape index (κ2) is 8.61. The van der Waals surface area contributed by atoms with E-state index in [1.165, 1.54) is 55.3 Å². The maximum absolute atomic E-state index is 3.99. The summed E-state index contributed by atoms with van der Waals surface area (Å²) in [7, 11) is 0. The van der Waals surface area contributed by atoms with Gasteiger partial charge in [-0.15, -0.1) is 0 Å². The molecule has 2 heterocycles. The van der Waals surface area contributed by atoms with Gasteiger partial charge in [0.25, 0.3) is 0 Å². The first-order chi connectivity index (χ1) is 19.4. The summed E-state index contributed by atoms with van der Waals surface area (Å²) in [6, 6.07) is 50.9. The van der Waals surface area contributed by atoms with Crippen LogP contribution in [0.3, 0.4) is 0 Å². The second-order valence-electron chi connectivity index (χ2n) is 10.7. The first-order valence-corrected chi connectivity index (χ1v) is 13.7. The van der Waals surface area contributed by atoms with Crippen molar-refractivity contribution in [2.24, 2.45) is 0 Å². The molecule has 1 aliphatic carbocycles. The van der Waals surface area contributed by atoms with Gasteiger partial charge in [0.2, 0.25) is 0 Å². The first-order valence-electron chi connectivity index (χ1n) is 13.7. The van der Waals surface area contributed by atoms with Crippen LogP contribution in [-0.4, -0.2) is 9.97 Å². The minimum absolute atomic E-state index is 0.117. The standard InChI is InChI=1S/C37H28N2/c1-4-14-25(15-5-1)33-34-29-21-11-13-23-32(29)39-36(34)37(26-16-6-2-7-17-26,27-18-8-3-9-19-27)35(33)30-24-38-31-22-12-10-20-28(30)31/h1-24,33,35,38-39H/t33-,35+/m1/s1. The molecule has 0 radical (unpaired) electrons. The molecule has 0 unspecified atom stereocenters. The summed E-state index contributed by atoms with van der Waals surface area (Å²) in [6.45, 7) is 0. The second-order valence-corrected chi connectivity index (χ2v) is 10.7. The van der Waals surface area contributed by atoms with Crippen LogP contribution in [-0.2, 0) is 5.41 Å². The highest BCUT2D eigenvalue weighted by Gasteiger charge is 2.57. The van der Waals surface area contributed by atoms with E-state index in [2.05, 4.69) is 156 Å². The van der Waals surface area contributed by atoms with E-state index in [0.717, 1.165) is 0 Å². The largest absolute Gasteiger partial charge is 0.361 e. The number of para-hydroxylation sites is 2. The predicted molar refractivity (Wildman–Crippen MR) is 160 cm³/mol. The highest BCUT2D eigenvalue weighted by molar-refractivity contribution is 5.91. The Labute approximate surface area is 228 Å². The Balaban J connectivity index is 1.59.